The third-order valence-corrected chi connectivity index (χ3v) is 5.35. The first kappa shape index (κ1) is 15.6. The third-order valence-electron chi connectivity index (χ3n) is 5.35. The van der Waals surface area contributed by atoms with Gasteiger partial charge in [-0.25, -0.2) is 0 Å². The molecular formula is C17H24N4O3. The second-order valence-corrected chi connectivity index (χ2v) is 7.35. The molecule has 0 N–H and O–H groups in total. The van der Waals surface area contributed by atoms with E-state index < -0.39 is 0 Å². The monoisotopic (exact) mass is 332 g/mol. The van der Waals surface area contributed by atoms with Crippen molar-refractivity contribution >= 4 is 11.8 Å². The predicted molar refractivity (Wildman–Crippen MR) is 85.0 cm³/mol. The zero-order valence-electron chi connectivity index (χ0n) is 14.1. The smallest absolute Gasteiger partial charge is 0.227 e. The van der Waals surface area contributed by atoms with E-state index >= 15 is 0 Å². The van der Waals surface area contributed by atoms with E-state index in [2.05, 4.69) is 17.1 Å². The van der Waals surface area contributed by atoms with Crippen molar-refractivity contribution in [3.8, 4) is 0 Å². The van der Waals surface area contributed by atoms with Gasteiger partial charge in [0.25, 0.3) is 0 Å². The van der Waals surface area contributed by atoms with Crippen LogP contribution in [0.15, 0.2) is 4.52 Å². The van der Waals surface area contributed by atoms with Crippen LogP contribution in [0.25, 0.3) is 0 Å². The van der Waals surface area contributed by atoms with Gasteiger partial charge in [-0.2, -0.15) is 4.98 Å². The van der Waals surface area contributed by atoms with Gasteiger partial charge in [0.1, 0.15) is 0 Å². The molecule has 3 aliphatic rings. The molecule has 7 heteroatoms. The van der Waals surface area contributed by atoms with E-state index in [0.29, 0.717) is 56.7 Å². The molecule has 4 rings (SSSR count). The zero-order chi connectivity index (χ0) is 16.7. The summed E-state index contributed by atoms with van der Waals surface area (Å²) in [6.45, 7) is 4.68. The van der Waals surface area contributed by atoms with Crippen LogP contribution in [-0.2, 0) is 16.0 Å². The summed E-state index contributed by atoms with van der Waals surface area (Å²) in [6.07, 6.45) is 4.18. The summed E-state index contributed by atoms with van der Waals surface area (Å²) in [4.78, 5) is 32.7. The van der Waals surface area contributed by atoms with Gasteiger partial charge in [-0.15, -0.1) is 0 Å². The fourth-order valence-corrected chi connectivity index (χ4v) is 3.33. The van der Waals surface area contributed by atoms with Gasteiger partial charge in [-0.05, 0) is 25.2 Å². The standard InChI is InChI=1S/C17H24N4O3/c1-11-10-13(11)17(23)21-8-6-20(7-9-21)15(22)5-4-14-18-16(19-24-14)12-2-3-12/h11-13H,2-10H2,1H3. The Bertz CT molecular complexity index is 632. The number of aromatic nitrogens is 2. The molecule has 2 aliphatic carbocycles. The molecular weight excluding hydrogens is 308 g/mol. The van der Waals surface area contributed by atoms with Gasteiger partial charge in [0.05, 0.1) is 0 Å². The van der Waals surface area contributed by atoms with Crippen LogP contribution in [0.4, 0.5) is 0 Å². The van der Waals surface area contributed by atoms with Crippen LogP contribution in [0, 0.1) is 11.8 Å². The Balaban J connectivity index is 1.21. The molecule has 0 aromatic carbocycles. The lowest BCUT2D eigenvalue weighted by atomic mass is 10.2. The molecule has 1 aromatic rings. The van der Waals surface area contributed by atoms with Crippen molar-refractivity contribution in [2.24, 2.45) is 11.8 Å². The number of carbonyl (C=O) groups excluding carboxylic acids is 2. The maximum absolute atomic E-state index is 12.3. The summed E-state index contributed by atoms with van der Waals surface area (Å²) in [5.41, 5.74) is 0. The minimum absolute atomic E-state index is 0.105. The molecule has 24 heavy (non-hydrogen) atoms. The SMILES string of the molecule is CC1CC1C(=O)N1CCN(C(=O)CCc2nc(C3CC3)no2)CC1. The topological polar surface area (TPSA) is 79.5 Å². The van der Waals surface area contributed by atoms with Crippen LogP contribution in [0.2, 0.25) is 0 Å². The lowest BCUT2D eigenvalue weighted by Crippen LogP contribution is -2.51. The van der Waals surface area contributed by atoms with Gasteiger partial charge >= 0.3 is 0 Å². The lowest BCUT2D eigenvalue weighted by molar-refractivity contribution is -0.140. The van der Waals surface area contributed by atoms with Crippen LogP contribution >= 0.6 is 0 Å². The summed E-state index contributed by atoms with van der Waals surface area (Å²) in [5.74, 6) is 2.96. The Labute approximate surface area is 141 Å². The van der Waals surface area contributed by atoms with Crippen molar-refractivity contribution < 1.29 is 14.1 Å². The molecule has 2 heterocycles. The summed E-state index contributed by atoms with van der Waals surface area (Å²) < 4.78 is 5.21. The second-order valence-electron chi connectivity index (χ2n) is 7.35. The van der Waals surface area contributed by atoms with Crippen LogP contribution in [0.1, 0.15) is 50.2 Å². The average molecular weight is 332 g/mol. The van der Waals surface area contributed by atoms with Crippen LogP contribution in [0.3, 0.4) is 0 Å². The maximum Gasteiger partial charge on any atom is 0.227 e. The van der Waals surface area contributed by atoms with Gasteiger partial charge < -0.3 is 14.3 Å². The van der Waals surface area contributed by atoms with Crippen LogP contribution < -0.4 is 0 Å². The first-order valence-corrected chi connectivity index (χ1v) is 9.01. The fourth-order valence-electron chi connectivity index (χ4n) is 3.33. The molecule has 7 nitrogen and oxygen atoms in total. The minimum Gasteiger partial charge on any atom is -0.339 e. The Morgan fingerprint density at radius 1 is 1.17 bits per heavy atom. The second kappa shape index (κ2) is 6.18. The predicted octanol–water partition coefficient (Wildman–Crippen LogP) is 1.21. The first-order valence-electron chi connectivity index (χ1n) is 9.01. The highest BCUT2D eigenvalue weighted by atomic mass is 16.5. The first-order chi connectivity index (χ1) is 11.6. The van der Waals surface area contributed by atoms with Crippen molar-refractivity contribution in [1.29, 1.82) is 0 Å². The van der Waals surface area contributed by atoms with E-state index in [1.54, 1.807) is 0 Å². The highest BCUT2D eigenvalue weighted by Crippen LogP contribution is 2.39. The number of amides is 2. The number of hydrogen-bond donors (Lipinski definition) is 0. The van der Waals surface area contributed by atoms with Crippen molar-refractivity contribution in [1.82, 2.24) is 19.9 Å². The van der Waals surface area contributed by atoms with Gasteiger partial charge in [-0.3, -0.25) is 9.59 Å². The third kappa shape index (κ3) is 3.30. The molecule has 0 radical (unpaired) electrons. The number of rotatable bonds is 5. The van der Waals surface area contributed by atoms with Crippen LogP contribution in [-0.4, -0.2) is 57.9 Å². The summed E-state index contributed by atoms with van der Waals surface area (Å²) in [6, 6.07) is 0. The summed E-state index contributed by atoms with van der Waals surface area (Å²) in [5, 5.41) is 3.97. The van der Waals surface area contributed by atoms with E-state index in [9.17, 15) is 9.59 Å². The highest BCUT2D eigenvalue weighted by molar-refractivity contribution is 5.82. The molecule has 1 saturated heterocycles. The highest BCUT2D eigenvalue weighted by Gasteiger charge is 2.42. The zero-order valence-corrected chi connectivity index (χ0v) is 14.1. The number of nitrogens with zero attached hydrogens (tertiary/aromatic N) is 4. The van der Waals surface area contributed by atoms with Gasteiger partial charge in [-0.1, -0.05) is 12.1 Å². The molecule has 2 unspecified atom stereocenters. The van der Waals surface area contributed by atoms with E-state index in [-0.39, 0.29) is 17.7 Å². The summed E-state index contributed by atoms with van der Waals surface area (Å²) in [7, 11) is 0. The van der Waals surface area contributed by atoms with Crippen molar-refractivity contribution in [2.75, 3.05) is 26.2 Å². The Morgan fingerprint density at radius 3 is 2.46 bits per heavy atom. The molecule has 1 aliphatic heterocycles. The minimum atomic E-state index is 0.105. The number of hydrogen-bond acceptors (Lipinski definition) is 5. The molecule has 3 fully saturated rings. The fraction of sp³-hybridized carbons (Fsp3) is 0.765. The summed E-state index contributed by atoms with van der Waals surface area (Å²) >= 11 is 0. The average Bonchev–Trinajstić information content (AvgIpc) is 3.52. The van der Waals surface area contributed by atoms with Crippen molar-refractivity contribution in [2.45, 2.75) is 44.9 Å². The van der Waals surface area contributed by atoms with Gasteiger partial charge in [0.2, 0.25) is 17.7 Å². The van der Waals surface area contributed by atoms with Crippen molar-refractivity contribution in [3.05, 3.63) is 11.7 Å². The van der Waals surface area contributed by atoms with Crippen LogP contribution in [0.5, 0.6) is 0 Å². The molecule has 0 bridgehead atoms. The largest absolute Gasteiger partial charge is 0.339 e. The molecule has 2 atom stereocenters. The van der Waals surface area contributed by atoms with Gasteiger partial charge in [0, 0.05) is 50.9 Å². The van der Waals surface area contributed by atoms with E-state index in [4.69, 9.17) is 4.52 Å². The lowest BCUT2D eigenvalue weighted by Gasteiger charge is -2.35. The molecule has 2 saturated carbocycles. The number of carbonyl (C=O) groups is 2. The van der Waals surface area contributed by atoms with Crippen molar-refractivity contribution in [3.63, 3.8) is 0 Å². The van der Waals surface area contributed by atoms with E-state index in [1.807, 2.05) is 9.80 Å². The van der Waals surface area contributed by atoms with Gasteiger partial charge in [0.15, 0.2) is 5.82 Å². The number of aryl methyl sites for hydroxylation is 1. The quantitative estimate of drug-likeness (QED) is 0.809. The van der Waals surface area contributed by atoms with E-state index in [0.717, 1.165) is 25.1 Å². The Hall–Kier alpha value is -1.92. The number of piperazine rings is 1. The molecule has 1 aromatic heterocycles. The Morgan fingerprint density at radius 2 is 1.83 bits per heavy atom. The Kier molecular flexibility index (Phi) is 4.02. The van der Waals surface area contributed by atoms with E-state index in [1.165, 1.54) is 0 Å². The normalized spacial score (nSPS) is 26.5. The molecule has 0 spiro atoms. The molecule has 2 amide bonds. The molecule has 130 valence electrons. The maximum atomic E-state index is 12.3.